The average Bonchev–Trinajstić information content (AvgIpc) is 2.61. The first-order valence-electron chi connectivity index (χ1n) is 5.60. The lowest BCUT2D eigenvalue weighted by molar-refractivity contribution is -0.119. The Kier molecular flexibility index (Phi) is 4.62. The van der Waals surface area contributed by atoms with Gasteiger partial charge in [-0.15, -0.1) is 0 Å². The molecule has 0 radical (unpaired) electrons. The van der Waals surface area contributed by atoms with E-state index >= 15 is 0 Å². The highest BCUT2D eigenvalue weighted by Crippen LogP contribution is 2.16. The number of anilines is 1. The van der Waals surface area contributed by atoms with Crippen molar-refractivity contribution in [2.45, 2.75) is 26.7 Å². The highest BCUT2D eigenvalue weighted by molar-refractivity contribution is 7.80. The third-order valence-electron chi connectivity index (χ3n) is 2.62. The maximum atomic E-state index is 11.9. The van der Waals surface area contributed by atoms with E-state index in [1.165, 1.54) is 0 Å². The molecular weight excluding hydrogens is 236 g/mol. The summed E-state index contributed by atoms with van der Waals surface area (Å²) >= 11 is 4.91. The number of thiocarbonyl (C=S) groups is 1. The lowest BCUT2D eigenvalue weighted by Gasteiger charge is -2.12. The Morgan fingerprint density at radius 3 is 2.88 bits per heavy atom. The molecular formula is C11H18N4OS. The first-order valence-corrected chi connectivity index (χ1v) is 6.00. The van der Waals surface area contributed by atoms with Crippen LogP contribution in [-0.4, -0.2) is 20.7 Å². The molecule has 1 amide bonds. The van der Waals surface area contributed by atoms with Crippen molar-refractivity contribution in [1.82, 2.24) is 9.78 Å². The van der Waals surface area contributed by atoms with Gasteiger partial charge in [-0.05, 0) is 6.42 Å². The van der Waals surface area contributed by atoms with Crippen LogP contribution >= 0.6 is 12.2 Å². The minimum atomic E-state index is -0.0343. The lowest BCUT2D eigenvalue weighted by Crippen LogP contribution is -2.23. The highest BCUT2D eigenvalue weighted by atomic mass is 32.1. The smallest absolute Gasteiger partial charge is 0.228 e. The van der Waals surface area contributed by atoms with E-state index < -0.39 is 0 Å². The molecule has 1 aromatic rings. The average molecular weight is 254 g/mol. The van der Waals surface area contributed by atoms with E-state index in [9.17, 15) is 4.79 Å². The van der Waals surface area contributed by atoms with Crippen LogP contribution in [-0.2, 0) is 11.8 Å². The predicted molar refractivity (Wildman–Crippen MR) is 71.8 cm³/mol. The van der Waals surface area contributed by atoms with Crippen molar-refractivity contribution in [3.63, 3.8) is 0 Å². The fourth-order valence-electron chi connectivity index (χ4n) is 1.57. The summed E-state index contributed by atoms with van der Waals surface area (Å²) in [5, 5.41) is 6.85. The Balaban J connectivity index is 2.84. The Morgan fingerprint density at radius 2 is 2.35 bits per heavy atom. The molecule has 0 spiro atoms. The molecule has 1 heterocycles. The third-order valence-corrected chi connectivity index (χ3v) is 2.84. The van der Waals surface area contributed by atoms with Crippen LogP contribution in [0.1, 0.15) is 32.3 Å². The van der Waals surface area contributed by atoms with Crippen LogP contribution in [0.15, 0.2) is 6.20 Å². The molecule has 0 aromatic carbocycles. The van der Waals surface area contributed by atoms with Gasteiger partial charge in [0.05, 0.1) is 11.8 Å². The quantitative estimate of drug-likeness (QED) is 0.780. The normalized spacial score (nSPS) is 12.2. The minimum Gasteiger partial charge on any atom is -0.389 e. The Morgan fingerprint density at radius 1 is 1.71 bits per heavy atom. The number of aryl methyl sites for hydroxylation is 1. The second kappa shape index (κ2) is 5.77. The molecule has 0 saturated carbocycles. The fraction of sp³-hybridized carbons (Fsp3) is 0.545. The van der Waals surface area contributed by atoms with Crippen molar-refractivity contribution >= 4 is 28.9 Å². The van der Waals surface area contributed by atoms with E-state index in [0.29, 0.717) is 11.4 Å². The van der Waals surface area contributed by atoms with Gasteiger partial charge in [-0.3, -0.25) is 9.48 Å². The zero-order valence-corrected chi connectivity index (χ0v) is 11.2. The van der Waals surface area contributed by atoms with E-state index in [1.807, 2.05) is 13.8 Å². The predicted octanol–water partition coefficient (Wildman–Crippen LogP) is 1.43. The van der Waals surface area contributed by atoms with Crippen LogP contribution in [0.5, 0.6) is 0 Å². The van der Waals surface area contributed by atoms with Gasteiger partial charge in [-0.25, -0.2) is 0 Å². The summed E-state index contributed by atoms with van der Waals surface area (Å²) in [5.74, 6) is 0.493. The molecule has 1 atom stereocenters. The van der Waals surface area contributed by atoms with E-state index in [0.717, 1.165) is 12.8 Å². The molecule has 0 fully saturated rings. The Hall–Kier alpha value is -1.43. The molecule has 1 aromatic heterocycles. The molecule has 0 bridgehead atoms. The number of hydrogen-bond acceptors (Lipinski definition) is 3. The first kappa shape index (κ1) is 13.6. The van der Waals surface area contributed by atoms with Gasteiger partial charge >= 0.3 is 0 Å². The number of amides is 1. The second-order valence-corrected chi connectivity index (χ2v) is 4.51. The molecule has 94 valence electrons. The van der Waals surface area contributed by atoms with Crippen LogP contribution in [0, 0.1) is 5.92 Å². The number of carbonyl (C=O) groups is 1. The molecule has 1 rings (SSSR count). The van der Waals surface area contributed by atoms with Crippen molar-refractivity contribution in [2.75, 3.05) is 5.32 Å². The fourth-order valence-corrected chi connectivity index (χ4v) is 1.72. The SMILES string of the molecule is CCCC(C)C(=O)Nc1c(C(N)=S)cnn1C. The van der Waals surface area contributed by atoms with Crippen molar-refractivity contribution in [1.29, 1.82) is 0 Å². The molecule has 0 aliphatic carbocycles. The van der Waals surface area contributed by atoms with Crippen molar-refractivity contribution in [2.24, 2.45) is 18.7 Å². The summed E-state index contributed by atoms with van der Waals surface area (Å²) in [6.07, 6.45) is 3.39. The number of carbonyl (C=O) groups excluding carboxylic acids is 1. The van der Waals surface area contributed by atoms with Crippen LogP contribution < -0.4 is 11.1 Å². The minimum absolute atomic E-state index is 0.0332. The Labute approximate surface area is 106 Å². The number of nitrogens with zero attached hydrogens (tertiary/aromatic N) is 2. The second-order valence-electron chi connectivity index (χ2n) is 4.07. The summed E-state index contributed by atoms with van der Waals surface area (Å²) in [4.78, 5) is 12.1. The molecule has 0 aliphatic rings. The van der Waals surface area contributed by atoms with Gasteiger partial charge in [0.15, 0.2) is 0 Å². The third kappa shape index (κ3) is 3.26. The number of hydrogen-bond donors (Lipinski definition) is 2. The number of nitrogens with one attached hydrogen (secondary N) is 1. The van der Waals surface area contributed by atoms with E-state index in [1.54, 1.807) is 17.9 Å². The summed E-state index contributed by atoms with van der Waals surface area (Å²) in [7, 11) is 1.74. The van der Waals surface area contributed by atoms with Gasteiger partial charge in [0, 0.05) is 13.0 Å². The van der Waals surface area contributed by atoms with Crippen molar-refractivity contribution in [3.8, 4) is 0 Å². The van der Waals surface area contributed by atoms with E-state index in [4.69, 9.17) is 18.0 Å². The molecule has 0 saturated heterocycles. The maximum absolute atomic E-state index is 11.9. The molecule has 6 heteroatoms. The van der Waals surface area contributed by atoms with Gasteiger partial charge in [-0.1, -0.05) is 32.5 Å². The standard InChI is InChI=1S/C11H18N4OS/c1-4-5-7(2)11(16)14-10-8(9(12)17)6-13-15(10)3/h6-7H,4-5H2,1-3H3,(H2,12,17)(H,14,16). The van der Waals surface area contributed by atoms with Crippen LogP contribution in [0.2, 0.25) is 0 Å². The highest BCUT2D eigenvalue weighted by Gasteiger charge is 2.17. The zero-order chi connectivity index (χ0) is 13.0. The topological polar surface area (TPSA) is 72.9 Å². The monoisotopic (exact) mass is 254 g/mol. The Bertz CT molecular complexity index is 427. The molecule has 1 unspecified atom stereocenters. The molecule has 5 nitrogen and oxygen atoms in total. The largest absolute Gasteiger partial charge is 0.389 e. The van der Waals surface area contributed by atoms with E-state index in [2.05, 4.69) is 10.4 Å². The number of aromatic nitrogens is 2. The van der Waals surface area contributed by atoms with Gasteiger partial charge in [-0.2, -0.15) is 5.10 Å². The van der Waals surface area contributed by atoms with Gasteiger partial charge < -0.3 is 11.1 Å². The first-order chi connectivity index (χ1) is 7.97. The maximum Gasteiger partial charge on any atom is 0.228 e. The molecule has 17 heavy (non-hydrogen) atoms. The number of nitrogens with two attached hydrogens (primary N) is 1. The van der Waals surface area contributed by atoms with Crippen LogP contribution in [0.4, 0.5) is 5.82 Å². The van der Waals surface area contributed by atoms with Crippen LogP contribution in [0.3, 0.4) is 0 Å². The number of rotatable bonds is 5. The van der Waals surface area contributed by atoms with Crippen molar-refractivity contribution < 1.29 is 4.79 Å². The summed E-state index contributed by atoms with van der Waals surface area (Å²) in [6.45, 7) is 3.95. The van der Waals surface area contributed by atoms with Gasteiger partial charge in [0.25, 0.3) is 0 Å². The molecule has 3 N–H and O–H groups in total. The van der Waals surface area contributed by atoms with Crippen molar-refractivity contribution in [3.05, 3.63) is 11.8 Å². The van der Waals surface area contributed by atoms with E-state index in [-0.39, 0.29) is 16.8 Å². The zero-order valence-electron chi connectivity index (χ0n) is 10.4. The lowest BCUT2D eigenvalue weighted by atomic mass is 10.1. The van der Waals surface area contributed by atoms with Gasteiger partial charge in [0.1, 0.15) is 10.8 Å². The van der Waals surface area contributed by atoms with Gasteiger partial charge in [0.2, 0.25) is 5.91 Å². The summed E-state index contributed by atoms with van der Waals surface area (Å²) in [6, 6.07) is 0. The molecule has 0 aliphatic heterocycles. The summed E-state index contributed by atoms with van der Waals surface area (Å²) in [5.41, 5.74) is 6.16. The summed E-state index contributed by atoms with van der Waals surface area (Å²) < 4.78 is 1.56. The van der Waals surface area contributed by atoms with Crippen LogP contribution in [0.25, 0.3) is 0 Å².